The average molecular weight is 254 g/mol. The predicted octanol–water partition coefficient (Wildman–Crippen LogP) is 2.85. The maximum absolute atomic E-state index is 12.3. The van der Waals surface area contributed by atoms with Gasteiger partial charge in [-0.2, -0.15) is 0 Å². The van der Waals surface area contributed by atoms with E-state index in [9.17, 15) is 4.79 Å². The van der Waals surface area contributed by atoms with Crippen molar-refractivity contribution in [3.05, 3.63) is 0 Å². The summed E-state index contributed by atoms with van der Waals surface area (Å²) in [5.74, 6) is 0.514. The number of carbonyl (C=O) groups is 1. The van der Waals surface area contributed by atoms with Crippen molar-refractivity contribution in [1.82, 2.24) is 10.6 Å². The molecule has 0 radical (unpaired) electrons. The lowest BCUT2D eigenvalue weighted by Crippen LogP contribution is -2.45. The number of amides is 1. The van der Waals surface area contributed by atoms with E-state index in [0.29, 0.717) is 12.1 Å². The topological polar surface area (TPSA) is 41.1 Å². The van der Waals surface area contributed by atoms with Crippen molar-refractivity contribution in [2.24, 2.45) is 5.92 Å². The van der Waals surface area contributed by atoms with Crippen molar-refractivity contribution in [2.45, 2.75) is 77.8 Å². The Hall–Kier alpha value is -0.570. The molecular formula is C15H30N2O. The van der Waals surface area contributed by atoms with Gasteiger partial charge in [0, 0.05) is 18.0 Å². The monoisotopic (exact) mass is 254 g/mol. The number of hydrogen-bond acceptors (Lipinski definition) is 2. The van der Waals surface area contributed by atoms with Gasteiger partial charge in [-0.05, 0) is 39.2 Å². The van der Waals surface area contributed by atoms with Gasteiger partial charge in [-0.25, -0.2) is 0 Å². The summed E-state index contributed by atoms with van der Waals surface area (Å²) in [6, 6.07) is 0.877. The molecule has 1 fully saturated rings. The zero-order chi connectivity index (χ0) is 13.4. The van der Waals surface area contributed by atoms with Crippen LogP contribution in [0.25, 0.3) is 0 Å². The maximum Gasteiger partial charge on any atom is 0.223 e. The van der Waals surface area contributed by atoms with Crippen LogP contribution in [0.1, 0.15) is 65.7 Å². The standard InChI is InChI=1S/C15H30N2O/c1-4-6-8-14(7-5-2)17-15(18)13-9-10-16-12(3)11-13/h12-14,16H,4-11H2,1-3H3,(H,17,18). The Morgan fingerprint density at radius 1 is 1.33 bits per heavy atom. The zero-order valence-electron chi connectivity index (χ0n) is 12.3. The van der Waals surface area contributed by atoms with E-state index < -0.39 is 0 Å². The van der Waals surface area contributed by atoms with Gasteiger partial charge in [0.25, 0.3) is 0 Å². The molecule has 0 bridgehead atoms. The summed E-state index contributed by atoms with van der Waals surface area (Å²) >= 11 is 0. The number of rotatable bonds is 7. The summed E-state index contributed by atoms with van der Waals surface area (Å²) in [7, 11) is 0. The van der Waals surface area contributed by atoms with Crippen LogP contribution in [0.2, 0.25) is 0 Å². The van der Waals surface area contributed by atoms with E-state index in [-0.39, 0.29) is 11.8 Å². The molecule has 0 aromatic carbocycles. The molecule has 2 N–H and O–H groups in total. The van der Waals surface area contributed by atoms with Crippen LogP contribution in [-0.4, -0.2) is 24.5 Å². The summed E-state index contributed by atoms with van der Waals surface area (Å²) in [5, 5.41) is 6.68. The van der Waals surface area contributed by atoms with Gasteiger partial charge in [-0.3, -0.25) is 4.79 Å². The lowest BCUT2D eigenvalue weighted by atomic mass is 9.92. The van der Waals surface area contributed by atoms with Crippen molar-refractivity contribution in [1.29, 1.82) is 0 Å². The first-order chi connectivity index (χ1) is 8.67. The van der Waals surface area contributed by atoms with Crippen LogP contribution in [0.4, 0.5) is 0 Å². The Bertz CT molecular complexity index is 243. The van der Waals surface area contributed by atoms with Crippen molar-refractivity contribution in [2.75, 3.05) is 6.54 Å². The first kappa shape index (κ1) is 15.5. The molecule has 1 saturated heterocycles. The second-order valence-corrected chi connectivity index (χ2v) is 5.71. The fourth-order valence-corrected chi connectivity index (χ4v) is 2.78. The summed E-state index contributed by atoms with van der Waals surface area (Å²) in [5.41, 5.74) is 0. The molecule has 1 aliphatic rings. The third-order valence-corrected chi connectivity index (χ3v) is 3.88. The highest BCUT2D eigenvalue weighted by Gasteiger charge is 2.25. The van der Waals surface area contributed by atoms with Crippen molar-refractivity contribution >= 4 is 5.91 Å². The Morgan fingerprint density at radius 3 is 2.72 bits per heavy atom. The largest absolute Gasteiger partial charge is 0.353 e. The SMILES string of the molecule is CCCCC(CCC)NC(=O)C1CCNC(C)C1. The fraction of sp³-hybridized carbons (Fsp3) is 0.933. The minimum Gasteiger partial charge on any atom is -0.353 e. The minimum absolute atomic E-state index is 0.224. The predicted molar refractivity (Wildman–Crippen MR) is 76.6 cm³/mol. The fourth-order valence-electron chi connectivity index (χ4n) is 2.78. The van der Waals surface area contributed by atoms with Crippen molar-refractivity contribution in [3.63, 3.8) is 0 Å². The summed E-state index contributed by atoms with van der Waals surface area (Å²) in [6.45, 7) is 7.55. The summed E-state index contributed by atoms with van der Waals surface area (Å²) < 4.78 is 0. The smallest absolute Gasteiger partial charge is 0.223 e. The minimum atomic E-state index is 0.224. The molecule has 3 nitrogen and oxygen atoms in total. The molecule has 0 spiro atoms. The van der Waals surface area contributed by atoms with Crippen LogP contribution < -0.4 is 10.6 Å². The van der Waals surface area contributed by atoms with E-state index in [1.807, 2.05) is 0 Å². The lowest BCUT2D eigenvalue weighted by Gasteiger charge is -2.29. The maximum atomic E-state index is 12.3. The molecule has 106 valence electrons. The van der Waals surface area contributed by atoms with Crippen molar-refractivity contribution < 1.29 is 4.79 Å². The number of hydrogen-bond donors (Lipinski definition) is 2. The third kappa shape index (κ3) is 5.38. The molecule has 1 aliphatic heterocycles. The summed E-state index contributed by atoms with van der Waals surface area (Å²) in [6.07, 6.45) is 7.80. The van der Waals surface area contributed by atoms with Crippen LogP contribution >= 0.6 is 0 Å². The second-order valence-electron chi connectivity index (χ2n) is 5.71. The highest BCUT2D eigenvalue weighted by Crippen LogP contribution is 2.17. The van der Waals surface area contributed by atoms with Gasteiger partial charge in [0.2, 0.25) is 5.91 Å². The van der Waals surface area contributed by atoms with Crippen LogP contribution in [0, 0.1) is 5.92 Å². The highest BCUT2D eigenvalue weighted by atomic mass is 16.1. The number of piperidine rings is 1. The quantitative estimate of drug-likeness (QED) is 0.733. The Balaban J connectivity index is 2.38. The van der Waals surface area contributed by atoms with E-state index in [1.54, 1.807) is 0 Å². The highest BCUT2D eigenvalue weighted by molar-refractivity contribution is 5.79. The average Bonchev–Trinajstić information content (AvgIpc) is 2.36. The van der Waals surface area contributed by atoms with Crippen molar-refractivity contribution in [3.8, 4) is 0 Å². The summed E-state index contributed by atoms with van der Waals surface area (Å²) in [4.78, 5) is 12.3. The molecule has 3 heteroatoms. The second kappa shape index (κ2) is 8.52. The Labute approximate surface area is 112 Å². The van der Waals surface area contributed by atoms with Gasteiger partial charge in [0.05, 0.1) is 0 Å². The molecular weight excluding hydrogens is 224 g/mol. The number of nitrogens with one attached hydrogen (secondary N) is 2. The van der Waals surface area contributed by atoms with Gasteiger partial charge in [-0.15, -0.1) is 0 Å². The Morgan fingerprint density at radius 2 is 2.11 bits per heavy atom. The Kier molecular flexibility index (Phi) is 7.33. The zero-order valence-corrected chi connectivity index (χ0v) is 12.3. The number of unbranched alkanes of at least 4 members (excludes halogenated alkanes) is 1. The molecule has 1 heterocycles. The molecule has 18 heavy (non-hydrogen) atoms. The van der Waals surface area contributed by atoms with Gasteiger partial charge < -0.3 is 10.6 Å². The van der Waals surface area contributed by atoms with E-state index >= 15 is 0 Å². The van der Waals surface area contributed by atoms with Crippen LogP contribution in [0.15, 0.2) is 0 Å². The van der Waals surface area contributed by atoms with Crippen LogP contribution in [0.3, 0.4) is 0 Å². The molecule has 0 aromatic rings. The first-order valence-electron chi connectivity index (χ1n) is 7.71. The molecule has 1 amide bonds. The molecule has 0 aromatic heterocycles. The lowest BCUT2D eigenvalue weighted by molar-refractivity contribution is -0.126. The van der Waals surface area contributed by atoms with E-state index in [4.69, 9.17) is 0 Å². The molecule has 0 saturated carbocycles. The van der Waals surface area contributed by atoms with E-state index in [0.717, 1.165) is 38.6 Å². The first-order valence-corrected chi connectivity index (χ1v) is 7.71. The van der Waals surface area contributed by atoms with E-state index in [2.05, 4.69) is 31.4 Å². The van der Waals surface area contributed by atoms with Gasteiger partial charge in [-0.1, -0.05) is 33.1 Å². The molecule has 3 atom stereocenters. The third-order valence-electron chi connectivity index (χ3n) is 3.88. The normalized spacial score (nSPS) is 25.7. The molecule has 3 unspecified atom stereocenters. The van der Waals surface area contributed by atoms with Crippen LogP contribution in [-0.2, 0) is 4.79 Å². The number of carbonyl (C=O) groups excluding carboxylic acids is 1. The van der Waals surface area contributed by atoms with Gasteiger partial charge in [0.1, 0.15) is 0 Å². The van der Waals surface area contributed by atoms with Crippen LogP contribution in [0.5, 0.6) is 0 Å². The van der Waals surface area contributed by atoms with E-state index in [1.165, 1.54) is 12.8 Å². The molecule has 0 aliphatic carbocycles. The van der Waals surface area contributed by atoms with Gasteiger partial charge in [0.15, 0.2) is 0 Å². The van der Waals surface area contributed by atoms with Gasteiger partial charge >= 0.3 is 0 Å². The molecule has 1 rings (SSSR count).